The Bertz CT molecular complexity index is 587. The Kier molecular flexibility index (Phi) is 6.29. The van der Waals surface area contributed by atoms with Gasteiger partial charge in [-0.1, -0.05) is 12.5 Å². The van der Waals surface area contributed by atoms with Crippen molar-refractivity contribution in [1.82, 2.24) is 10.6 Å². The maximum absolute atomic E-state index is 11.4. The lowest BCUT2D eigenvalue weighted by Crippen LogP contribution is -2.50. The van der Waals surface area contributed by atoms with Crippen LogP contribution in [0.5, 0.6) is 5.75 Å². The minimum Gasteiger partial charge on any atom is -0.495 e. The molecule has 0 bridgehead atoms. The van der Waals surface area contributed by atoms with Crippen LogP contribution in [0.25, 0.3) is 0 Å². The second-order valence-electron chi connectivity index (χ2n) is 6.93. The molecule has 2 fully saturated rings. The van der Waals surface area contributed by atoms with E-state index < -0.39 is 0 Å². The largest absolute Gasteiger partial charge is 0.495 e. The van der Waals surface area contributed by atoms with E-state index in [0.29, 0.717) is 23.8 Å². The fourth-order valence-electron chi connectivity index (χ4n) is 3.99. The Balaban J connectivity index is 1.61. The van der Waals surface area contributed by atoms with E-state index >= 15 is 0 Å². The summed E-state index contributed by atoms with van der Waals surface area (Å²) in [5.74, 6) is 1.21. The molecule has 3 rings (SSSR count). The Morgan fingerprint density at radius 3 is 3.00 bits per heavy atom. The van der Waals surface area contributed by atoms with Crippen molar-refractivity contribution in [3.05, 3.63) is 23.8 Å². The molecule has 1 aromatic rings. The molecule has 2 aliphatic rings. The molecule has 0 aromatic heterocycles. The Morgan fingerprint density at radius 1 is 1.40 bits per heavy atom. The highest BCUT2D eigenvalue weighted by molar-refractivity contribution is 5.90. The van der Waals surface area contributed by atoms with E-state index in [0.717, 1.165) is 37.6 Å². The van der Waals surface area contributed by atoms with Crippen LogP contribution in [-0.4, -0.2) is 44.9 Å². The third-order valence-corrected chi connectivity index (χ3v) is 5.18. The average Bonchev–Trinajstić information content (AvgIpc) is 3.09. The number of carbonyl (C=O) groups is 1. The van der Waals surface area contributed by atoms with Crippen LogP contribution in [0.1, 0.15) is 31.7 Å². The highest BCUT2D eigenvalue weighted by atomic mass is 16.5. The summed E-state index contributed by atoms with van der Waals surface area (Å²) in [6, 6.07) is 6.90. The zero-order valence-electron chi connectivity index (χ0n) is 15.1. The fraction of sp³-hybridized carbons (Fsp3) is 0.632. The van der Waals surface area contributed by atoms with Crippen molar-refractivity contribution in [2.24, 2.45) is 5.92 Å². The van der Waals surface area contributed by atoms with Gasteiger partial charge in [0, 0.05) is 32.1 Å². The van der Waals surface area contributed by atoms with E-state index in [-0.39, 0.29) is 5.91 Å². The zero-order valence-corrected chi connectivity index (χ0v) is 15.1. The minimum absolute atomic E-state index is 0.0948. The average molecular weight is 347 g/mol. The standard InChI is InChI=1S/C19H29N3O3/c1-13(23)22-17-10-14(6-7-19(17)24-2)11-21-16-5-3-4-15(16)18-12-25-9-8-20-18/h6-7,10,15-16,18,20-21H,3-5,8-9,11-12H2,1-2H3,(H,22,23). The number of methoxy groups -OCH3 is 1. The van der Waals surface area contributed by atoms with Crippen molar-refractivity contribution in [2.45, 2.75) is 44.8 Å². The van der Waals surface area contributed by atoms with Crippen molar-refractivity contribution in [2.75, 3.05) is 32.2 Å². The third-order valence-electron chi connectivity index (χ3n) is 5.18. The predicted molar refractivity (Wildman–Crippen MR) is 97.9 cm³/mol. The van der Waals surface area contributed by atoms with Gasteiger partial charge in [0.05, 0.1) is 26.0 Å². The molecule has 6 nitrogen and oxygen atoms in total. The van der Waals surface area contributed by atoms with Gasteiger partial charge >= 0.3 is 0 Å². The number of hydrogen-bond acceptors (Lipinski definition) is 5. The SMILES string of the molecule is COc1ccc(CNC2CCCC2C2COCCN2)cc1NC(C)=O. The van der Waals surface area contributed by atoms with Crippen LogP contribution in [0.15, 0.2) is 18.2 Å². The van der Waals surface area contributed by atoms with E-state index in [1.165, 1.54) is 26.2 Å². The summed E-state index contributed by atoms with van der Waals surface area (Å²) in [5, 5.41) is 10.2. The van der Waals surface area contributed by atoms with Crippen LogP contribution in [0, 0.1) is 5.92 Å². The van der Waals surface area contributed by atoms with E-state index in [1.54, 1.807) is 7.11 Å². The van der Waals surface area contributed by atoms with Crippen molar-refractivity contribution in [1.29, 1.82) is 0 Å². The molecule has 138 valence electrons. The van der Waals surface area contributed by atoms with Gasteiger partial charge in [-0.2, -0.15) is 0 Å². The van der Waals surface area contributed by atoms with Gasteiger partial charge in [0.1, 0.15) is 5.75 Å². The van der Waals surface area contributed by atoms with Crippen LogP contribution in [0.4, 0.5) is 5.69 Å². The Hall–Kier alpha value is -1.63. The van der Waals surface area contributed by atoms with E-state index in [9.17, 15) is 4.79 Å². The van der Waals surface area contributed by atoms with Gasteiger partial charge in [0.15, 0.2) is 0 Å². The number of rotatable bonds is 6. The first kappa shape index (κ1) is 18.2. The summed E-state index contributed by atoms with van der Waals surface area (Å²) < 4.78 is 11.0. The van der Waals surface area contributed by atoms with Crippen LogP contribution < -0.4 is 20.7 Å². The summed E-state index contributed by atoms with van der Waals surface area (Å²) in [5.41, 5.74) is 1.86. The molecule has 1 heterocycles. The second-order valence-corrected chi connectivity index (χ2v) is 6.93. The molecule has 3 unspecified atom stereocenters. The highest BCUT2D eigenvalue weighted by Gasteiger charge is 2.34. The van der Waals surface area contributed by atoms with Gasteiger partial charge in [0.2, 0.25) is 5.91 Å². The molecule has 1 aromatic carbocycles. The third kappa shape index (κ3) is 4.71. The normalized spacial score (nSPS) is 26.4. The summed E-state index contributed by atoms with van der Waals surface area (Å²) in [6.45, 7) is 4.88. The van der Waals surface area contributed by atoms with Gasteiger partial charge in [-0.05, 0) is 36.5 Å². The molecule has 1 aliphatic heterocycles. The Morgan fingerprint density at radius 2 is 2.28 bits per heavy atom. The van der Waals surface area contributed by atoms with Gasteiger partial charge < -0.3 is 25.4 Å². The lowest BCUT2D eigenvalue weighted by molar-refractivity contribution is -0.114. The van der Waals surface area contributed by atoms with Gasteiger partial charge in [0.25, 0.3) is 0 Å². The minimum atomic E-state index is -0.0948. The smallest absolute Gasteiger partial charge is 0.221 e. The van der Waals surface area contributed by atoms with Crippen molar-refractivity contribution >= 4 is 11.6 Å². The number of amides is 1. The number of anilines is 1. The van der Waals surface area contributed by atoms with E-state index in [2.05, 4.69) is 16.0 Å². The number of carbonyl (C=O) groups excluding carboxylic acids is 1. The molecule has 1 saturated heterocycles. The summed E-state index contributed by atoms with van der Waals surface area (Å²) in [7, 11) is 1.61. The zero-order chi connectivity index (χ0) is 17.6. The van der Waals surface area contributed by atoms with Crippen molar-refractivity contribution < 1.29 is 14.3 Å². The quantitative estimate of drug-likeness (QED) is 0.733. The van der Waals surface area contributed by atoms with E-state index in [4.69, 9.17) is 9.47 Å². The highest BCUT2D eigenvalue weighted by Crippen LogP contribution is 2.30. The van der Waals surface area contributed by atoms with Gasteiger partial charge in [-0.3, -0.25) is 4.79 Å². The summed E-state index contributed by atoms with van der Waals surface area (Å²) in [6.07, 6.45) is 3.72. The first-order valence-electron chi connectivity index (χ1n) is 9.16. The molecule has 3 atom stereocenters. The maximum atomic E-state index is 11.4. The molecular weight excluding hydrogens is 318 g/mol. The molecule has 1 aliphatic carbocycles. The fourth-order valence-corrected chi connectivity index (χ4v) is 3.99. The molecule has 3 N–H and O–H groups in total. The first-order valence-corrected chi connectivity index (χ1v) is 9.16. The lowest BCUT2D eigenvalue weighted by atomic mass is 9.94. The molecular formula is C19H29N3O3. The maximum Gasteiger partial charge on any atom is 0.221 e. The molecule has 0 spiro atoms. The van der Waals surface area contributed by atoms with Gasteiger partial charge in [-0.15, -0.1) is 0 Å². The second kappa shape index (κ2) is 8.65. The van der Waals surface area contributed by atoms with Crippen LogP contribution in [-0.2, 0) is 16.1 Å². The Labute approximate surface area is 149 Å². The molecule has 6 heteroatoms. The van der Waals surface area contributed by atoms with Crippen LogP contribution in [0.2, 0.25) is 0 Å². The number of ether oxygens (including phenoxy) is 2. The summed E-state index contributed by atoms with van der Waals surface area (Å²) >= 11 is 0. The lowest BCUT2D eigenvalue weighted by Gasteiger charge is -2.33. The molecule has 25 heavy (non-hydrogen) atoms. The topological polar surface area (TPSA) is 71.6 Å². The molecule has 1 saturated carbocycles. The van der Waals surface area contributed by atoms with Crippen molar-refractivity contribution in [3.63, 3.8) is 0 Å². The van der Waals surface area contributed by atoms with Gasteiger partial charge in [-0.25, -0.2) is 0 Å². The monoisotopic (exact) mass is 347 g/mol. The first-order chi connectivity index (χ1) is 12.2. The molecule has 0 radical (unpaired) electrons. The van der Waals surface area contributed by atoms with Crippen molar-refractivity contribution in [3.8, 4) is 5.75 Å². The van der Waals surface area contributed by atoms with Crippen LogP contribution in [0.3, 0.4) is 0 Å². The predicted octanol–water partition coefficient (Wildman–Crippen LogP) is 1.90. The number of morpholine rings is 1. The number of nitrogens with one attached hydrogen (secondary N) is 3. The molecule has 1 amide bonds. The number of hydrogen-bond donors (Lipinski definition) is 3. The number of benzene rings is 1. The van der Waals surface area contributed by atoms with E-state index in [1.807, 2.05) is 18.2 Å². The van der Waals surface area contributed by atoms with Crippen LogP contribution >= 0.6 is 0 Å². The summed E-state index contributed by atoms with van der Waals surface area (Å²) in [4.78, 5) is 11.4.